The van der Waals surface area contributed by atoms with Crippen LogP contribution in [0.2, 0.25) is 0 Å². The van der Waals surface area contributed by atoms with Crippen molar-refractivity contribution in [2.24, 2.45) is 0 Å². The lowest BCUT2D eigenvalue weighted by atomic mass is 9.85. The quantitative estimate of drug-likeness (QED) is 0.186. The minimum Gasteiger partial charge on any atom is -0.371 e. The first-order valence-corrected chi connectivity index (χ1v) is 14.2. The van der Waals surface area contributed by atoms with Gasteiger partial charge in [-0.05, 0) is 86.8 Å². The van der Waals surface area contributed by atoms with Crippen LogP contribution >= 0.6 is 0 Å². The first-order valence-electron chi connectivity index (χ1n) is 14.2. The molecule has 3 heterocycles. The molecule has 1 saturated heterocycles. The van der Waals surface area contributed by atoms with Crippen LogP contribution in [0.3, 0.4) is 0 Å². The number of aromatic nitrogens is 2. The largest absolute Gasteiger partial charge is 0.416 e. The highest BCUT2D eigenvalue weighted by atomic mass is 19.4. The van der Waals surface area contributed by atoms with Crippen molar-refractivity contribution >= 4 is 17.3 Å². The molecule has 0 saturated carbocycles. The molecule has 11 heteroatoms. The van der Waals surface area contributed by atoms with E-state index in [4.69, 9.17) is 4.74 Å². The Morgan fingerprint density at radius 1 is 0.841 bits per heavy atom. The number of nitrogens with zero attached hydrogens (tertiary/aromatic N) is 4. The molecule has 0 spiro atoms. The number of hydrogen-bond acceptors (Lipinski definition) is 5. The molecule has 1 aliphatic heterocycles. The minimum absolute atomic E-state index is 0.0525. The number of rotatable bonds is 8. The maximum Gasteiger partial charge on any atom is 0.416 e. The van der Waals surface area contributed by atoms with E-state index < -0.39 is 35.1 Å². The van der Waals surface area contributed by atoms with Crippen LogP contribution in [0.25, 0.3) is 0 Å². The lowest BCUT2D eigenvalue weighted by Gasteiger charge is -2.51. The SMILES string of the molecule is CC(OC[C@@]1(C)CCC(N(c2ccccn2)c2ccccn2)CN1c1ccccc1)c1cc(C(F)(F)F)cc(C(F)(F)F)c1. The Kier molecular flexibility index (Phi) is 8.88. The van der Waals surface area contributed by atoms with Crippen LogP contribution in [0.5, 0.6) is 0 Å². The third-order valence-electron chi connectivity index (χ3n) is 8.01. The molecule has 2 aromatic heterocycles. The number of piperidine rings is 1. The molecular weight excluding hydrogens is 582 g/mol. The number of pyridine rings is 2. The van der Waals surface area contributed by atoms with Gasteiger partial charge in [-0.15, -0.1) is 0 Å². The van der Waals surface area contributed by atoms with Gasteiger partial charge in [0.2, 0.25) is 0 Å². The summed E-state index contributed by atoms with van der Waals surface area (Å²) in [6, 6.07) is 22.6. The summed E-state index contributed by atoms with van der Waals surface area (Å²) >= 11 is 0. The Morgan fingerprint density at radius 2 is 1.39 bits per heavy atom. The Morgan fingerprint density at radius 3 is 1.89 bits per heavy atom. The van der Waals surface area contributed by atoms with Gasteiger partial charge in [0.25, 0.3) is 0 Å². The zero-order valence-electron chi connectivity index (χ0n) is 24.2. The molecule has 0 bridgehead atoms. The van der Waals surface area contributed by atoms with E-state index in [2.05, 4.69) is 19.8 Å². The molecule has 232 valence electrons. The third-order valence-corrected chi connectivity index (χ3v) is 8.01. The summed E-state index contributed by atoms with van der Waals surface area (Å²) in [4.78, 5) is 13.5. The number of ether oxygens (including phenoxy) is 1. The van der Waals surface area contributed by atoms with E-state index in [-0.39, 0.29) is 24.3 Å². The maximum atomic E-state index is 13.5. The summed E-state index contributed by atoms with van der Waals surface area (Å²) in [5.74, 6) is 1.48. The fraction of sp³-hybridized carbons (Fsp3) is 0.333. The molecule has 2 unspecified atom stereocenters. The molecule has 0 radical (unpaired) electrons. The Balaban J connectivity index is 1.43. The molecule has 5 rings (SSSR count). The van der Waals surface area contributed by atoms with E-state index in [9.17, 15) is 26.3 Å². The molecule has 5 nitrogen and oxygen atoms in total. The van der Waals surface area contributed by atoms with Gasteiger partial charge in [0.15, 0.2) is 0 Å². The molecule has 44 heavy (non-hydrogen) atoms. The molecule has 1 fully saturated rings. The number of benzene rings is 2. The minimum atomic E-state index is -4.93. The number of alkyl halides is 6. The Hall–Kier alpha value is -4.12. The number of anilines is 3. The number of halogens is 6. The molecule has 0 amide bonds. The molecule has 4 aromatic rings. The van der Waals surface area contributed by atoms with Gasteiger partial charge >= 0.3 is 12.4 Å². The van der Waals surface area contributed by atoms with Gasteiger partial charge in [-0.1, -0.05) is 30.3 Å². The van der Waals surface area contributed by atoms with Crippen LogP contribution in [0.1, 0.15) is 49.5 Å². The standard InChI is InChI=1S/C33H32F6N4O/c1-23(24-18-25(32(34,35)36)20-26(19-24)33(37,38)39)44-22-31(2)15-14-28(21-42(31)27-10-4-3-5-11-27)43(29-12-6-8-16-40-29)30-13-7-9-17-41-30/h3-13,16-20,23,28H,14-15,21-22H2,1-2H3/t23?,28?,31-/m1/s1. The number of hydrogen-bond donors (Lipinski definition) is 0. The van der Waals surface area contributed by atoms with Crippen LogP contribution in [-0.2, 0) is 17.1 Å². The van der Waals surface area contributed by atoms with Crippen molar-refractivity contribution in [2.45, 2.75) is 56.7 Å². The van der Waals surface area contributed by atoms with Crippen molar-refractivity contribution in [3.8, 4) is 0 Å². The van der Waals surface area contributed by atoms with Crippen molar-refractivity contribution in [1.82, 2.24) is 9.97 Å². The summed E-state index contributed by atoms with van der Waals surface area (Å²) in [5.41, 5.74) is -2.62. The molecular formula is C33H32F6N4O. The third kappa shape index (κ3) is 6.99. The zero-order chi connectivity index (χ0) is 31.5. The van der Waals surface area contributed by atoms with E-state index in [1.165, 1.54) is 6.92 Å². The summed E-state index contributed by atoms with van der Waals surface area (Å²) < 4.78 is 87.1. The Labute approximate surface area is 252 Å². The van der Waals surface area contributed by atoms with Crippen molar-refractivity contribution in [2.75, 3.05) is 23.0 Å². The monoisotopic (exact) mass is 614 g/mol. The summed E-state index contributed by atoms with van der Waals surface area (Å²) in [5, 5.41) is 0. The van der Waals surface area contributed by atoms with Crippen LogP contribution in [0.15, 0.2) is 97.3 Å². The summed E-state index contributed by atoms with van der Waals surface area (Å²) in [6.07, 6.45) is -6.13. The fourth-order valence-electron chi connectivity index (χ4n) is 5.62. The van der Waals surface area contributed by atoms with Gasteiger partial charge in [0.05, 0.1) is 35.4 Å². The van der Waals surface area contributed by atoms with Gasteiger partial charge in [-0.3, -0.25) is 0 Å². The van der Waals surface area contributed by atoms with Gasteiger partial charge in [-0.2, -0.15) is 26.3 Å². The highest BCUT2D eigenvalue weighted by molar-refractivity contribution is 5.59. The van der Waals surface area contributed by atoms with E-state index in [0.29, 0.717) is 19.4 Å². The predicted octanol–water partition coefficient (Wildman–Crippen LogP) is 8.86. The van der Waals surface area contributed by atoms with Gasteiger partial charge < -0.3 is 14.5 Å². The van der Waals surface area contributed by atoms with Gasteiger partial charge in [0, 0.05) is 24.6 Å². The Bertz CT molecular complexity index is 1450. The molecule has 1 aliphatic rings. The summed E-state index contributed by atoms with van der Waals surface area (Å²) in [7, 11) is 0. The molecule has 0 N–H and O–H groups in total. The van der Waals surface area contributed by atoms with Crippen molar-refractivity contribution in [1.29, 1.82) is 0 Å². The van der Waals surface area contributed by atoms with Crippen LogP contribution in [0.4, 0.5) is 43.7 Å². The average molecular weight is 615 g/mol. The van der Waals surface area contributed by atoms with E-state index in [1.807, 2.05) is 73.7 Å². The fourth-order valence-corrected chi connectivity index (χ4v) is 5.62. The van der Waals surface area contributed by atoms with Crippen molar-refractivity contribution < 1.29 is 31.1 Å². The first-order chi connectivity index (χ1) is 20.8. The topological polar surface area (TPSA) is 41.5 Å². The second-order valence-electron chi connectivity index (χ2n) is 11.2. The second kappa shape index (κ2) is 12.5. The van der Waals surface area contributed by atoms with Gasteiger partial charge in [0.1, 0.15) is 11.6 Å². The number of para-hydroxylation sites is 1. The van der Waals surface area contributed by atoms with E-state index >= 15 is 0 Å². The lowest BCUT2D eigenvalue weighted by Crippen LogP contribution is -2.59. The van der Waals surface area contributed by atoms with Crippen LogP contribution < -0.4 is 9.80 Å². The molecule has 2 aromatic carbocycles. The smallest absolute Gasteiger partial charge is 0.371 e. The first kappa shape index (κ1) is 31.3. The lowest BCUT2D eigenvalue weighted by molar-refractivity contribution is -0.143. The maximum absolute atomic E-state index is 13.5. The zero-order valence-corrected chi connectivity index (χ0v) is 24.2. The molecule has 3 atom stereocenters. The van der Waals surface area contributed by atoms with Crippen molar-refractivity contribution in [3.63, 3.8) is 0 Å². The van der Waals surface area contributed by atoms with E-state index in [1.54, 1.807) is 12.4 Å². The molecule has 0 aliphatic carbocycles. The van der Waals surface area contributed by atoms with Crippen LogP contribution in [-0.4, -0.2) is 34.7 Å². The predicted molar refractivity (Wildman–Crippen MR) is 157 cm³/mol. The average Bonchev–Trinajstić information content (AvgIpc) is 3.01. The van der Waals surface area contributed by atoms with Crippen LogP contribution in [0, 0.1) is 0 Å². The second-order valence-corrected chi connectivity index (χ2v) is 11.2. The summed E-state index contributed by atoms with van der Waals surface area (Å²) in [6.45, 7) is 4.08. The normalized spacial score (nSPS) is 19.9. The van der Waals surface area contributed by atoms with Crippen molar-refractivity contribution in [3.05, 3.63) is 114 Å². The highest BCUT2D eigenvalue weighted by Crippen LogP contribution is 2.40. The van der Waals surface area contributed by atoms with Gasteiger partial charge in [-0.25, -0.2) is 9.97 Å². The highest BCUT2D eigenvalue weighted by Gasteiger charge is 2.42. The van der Waals surface area contributed by atoms with E-state index in [0.717, 1.165) is 29.5 Å².